The van der Waals surface area contributed by atoms with E-state index >= 15 is 0 Å². The maximum absolute atomic E-state index is 6.29. The van der Waals surface area contributed by atoms with Crippen LogP contribution in [0.3, 0.4) is 0 Å². The molecule has 1 nitrogen and oxygen atoms in total. The third-order valence-corrected chi connectivity index (χ3v) is 3.22. The monoisotopic (exact) mass is 211 g/mol. The van der Waals surface area contributed by atoms with Crippen LogP contribution in [0.5, 0.6) is 0 Å². The number of alkyl halides is 1. The van der Waals surface area contributed by atoms with Crippen molar-refractivity contribution in [2.24, 2.45) is 5.41 Å². The smallest absolute Gasteiger partial charge is 0.0387 e. The van der Waals surface area contributed by atoms with Crippen LogP contribution in [0.2, 0.25) is 0 Å². The minimum Gasteiger partial charge on any atom is -0.264 e. The Balaban J connectivity index is 2.42. The van der Waals surface area contributed by atoms with Crippen molar-refractivity contribution in [3.8, 4) is 0 Å². The number of hydrogen-bond acceptors (Lipinski definition) is 1. The Morgan fingerprint density at radius 1 is 1.43 bits per heavy atom. The van der Waals surface area contributed by atoms with Gasteiger partial charge in [-0.3, -0.25) is 4.98 Å². The van der Waals surface area contributed by atoms with Gasteiger partial charge in [-0.25, -0.2) is 0 Å². The highest BCUT2D eigenvalue weighted by atomic mass is 35.5. The summed E-state index contributed by atoms with van der Waals surface area (Å²) in [6.07, 6.45) is 5.73. The predicted octanol–water partition coefficient (Wildman–Crippen LogP) is 3.67. The molecule has 1 rings (SSSR count). The molecule has 0 saturated carbocycles. The fourth-order valence-corrected chi connectivity index (χ4v) is 1.38. The highest BCUT2D eigenvalue weighted by Crippen LogP contribution is 2.27. The SMILES string of the molecule is CC(C)(C)C(Cl)CCc1cccnc1. The number of hydrogen-bond donors (Lipinski definition) is 0. The predicted molar refractivity (Wildman–Crippen MR) is 61.7 cm³/mol. The quantitative estimate of drug-likeness (QED) is 0.696. The number of halogens is 1. The molecule has 1 aromatic heterocycles. The first-order valence-corrected chi connectivity index (χ1v) is 5.47. The first-order chi connectivity index (χ1) is 6.50. The summed E-state index contributed by atoms with van der Waals surface area (Å²) < 4.78 is 0. The Labute approximate surface area is 91.5 Å². The van der Waals surface area contributed by atoms with Crippen LogP contribution in [0.25, 0.3) is 0 Å². The summed E-state index contributed by atoms with van der Waals surface area (Å²) in [4.78, 5) is 4.08. The number of aryl methyl sites for hydroxylation is 1. The average molecular weight is 212 g/mol. The molecule has 2 heteroatoms. The number of aromatic nitrogens is 1. The van der Waals surface area contributed by atoms with Crippen LogP contribution in [-0.4, -0.2) is 10.4 Å². The molecule has 14 heavy (non-hydrogen) atoms. The van der Waals surface area contributed by atoms with Crippen LogP contribution in [0.4, 0.5) is 0 Å². The van der Waals surface area contributed by atoms with Crippen LogP contribution in [0, 0.1) is 5.41 Å². The summed E-state index contributed by atoms with van der Waals surface area (Å²) in [6, 6.07) is 4.06. The summed E-state index contributed by atoms with van der Waals surface area (Å²) in [5.74, 6) is 0. The maximum Gasteiger partial charge on any atom is 0.0387 e. The Kier molecular flexibility index (Phi) is 3.94. The molecule has 78 valence electrons. The van der Waals surface area contributed by atoms with E-state index in [1.807, 2.05) is 12.3 Å². The lowest BCUT2D eigenvalue weighted by Crippen LogP contribution is -2.21. The second-order valence-electron chi connectivity index (χ2n) is 4.73. The minimum atomic E-state index is 0.184. The molecule has 0 bridgehead atoms. The molecule has 0 aliphatic rings. The van der Waals surface area contributed by atoms with Crippen LogP contribution in [0.1, 0.15) is 32.8 Å². The van der Waals surface area contributed by atoms with Crippen molar-refractivity contribution in [1.29, 1.82) is 0 Å². The Bertz CT molecular complexity index is 263. The standard InChI is InChI=1S/C12H18ClN/c1-12(2,3)11(13)7-6-10-5-4-8-14-9-10/h4-5,8-9,11H,6-7H2,1-3H3. The first kappa shape index (κ1) is 11.5. The maximum atomic E-state index is 6.29. The van der Waals surface area contributed by atoms with Crippen molar-refractivity contribution < 1.29 is 0 Å². The van der Waals surface area contributed by atoms with Gasteiger partial charge in [0.2, 0.25) is 0 Å². The lowest BCUT2D eigenvalue weighted by Gasteiger charge is -2.24. The van der Waals surface area contributed by atoms with E-state index in [9.17, 15) is 0 Å². The zero-order valence-corrected chi connectivity index (χ0v) is 9.88. The van der Waals surface area contributed by atoms with Crippen molar-refractivity contribution >= 4 is 11.6 Å². The molecular weight excluding hydrogens is 194 g/mol. The van der Waals surface area contributed by atoms with Crippen molar-refractivity contribution in [3.05, 3.63) is 30.1 Å². The third-order valence-electron chi connectivity index (χ3n) is 2.35. The van der Waals surface area contributed by atoms with Gasteiger partial charge >= 0.3 is 0 Å². The summed E-state index contributed by atoms with van der Waals surface area (Å²) >= 11 is 6.29. The van der Waals surface area contributed by atoms with E-state index in [0.29, 0.717) is 0 Å². The van der Waals surface area contributed by atoms with Gasteiger partial charge in [0.25, 0.3) is 0 Å². The normalized spacial score (nSPS) is 14.0. The zero-order valence-electron chi connectivity index (χ0n) is 9.13. The summed E-state index contributed by atoms with van der Waals surface area (Å²) in [6.45, 7) is 6.52. The third kappa shape index (κ3) is 3.67. The molecule has 0 N–H and O–H groups in total. The van der Waals surface area contributed by atoms with Gasteiger partial charge in [-0.05, 0) is 29.9 Å². The number of pyridine rings is 1. The fourth-order valence-electron chi connectivity index (χ4n) is 1.27. The minimum absolute atomic E-state index is 0.184. The summed E-state index contributed by atoms with van der Waals surface area (Å²) in [5.41, 5.74) is 1.45. The Morgan fingerprint density at radius 3 is 2.64 bits per heavy atom. The molecule has 0 fully saturated rings. The highest BCUT2D eigenvalue weighted by molar-refractivity contribution is 6.21. The number of rotatable bonds is 3. The van der Waals surface area contributed by atoms with Crippen LogP contribution < -0.4 is 0 Å². The Hall–Kier alpha value is -0.560. The van der Waals surface area contributed by atoms with Crippen LogP contribution in [0.15, 0.2) is 24.5 Å². The van der Waals surface area contributed by atoms with E-state index in [0.717, 1.165) is 12.8 Å². The van der Waals surface area contributed by atoms with E-state index in [-0.39, 0.29) is 10.8 Å². The van der Waals surface area contributed by atoms with Gasteiger partial charge < -0.3 is 0 Å². The van der Waals surface area contributed by atoms with Crippen molar-refractivity contribution in [2.45, 2.75) is 39.0 Å². The Morgan fingerprint density at radius 2 is 2.14 bits per heavy atom. The molecule has 0 spiro atoms. The van der Waals surface area contributed by atoms with Crippen LogP contribution >= 0.6 is 11.6 Å². The van der Waals surface area contributed by atoms with Gasteiger partial charge in [0.1, 0.15) is 0 Å². The van der Waals surface area contributed by atoms with E-state index in [1.54, 1.807) is 6.20 Å². The molecular formula is C12H18ClN. The fraction of sp³-hybridized carbons (Fsp3) is 0.583. The van der Waals surface area contributed by atoms with Gasteiger partial charge in [0.15, 0.2) is 0 Å². The van der Waals surface area contributed by atoms with Gasteiger partial charge in [0, 0.05) is 17.8 Å². The van der Waals surface area contributed by atoms with Crippen LogP contribution in [-0.2, 0) is 6.42 Å². The largest absolute Gasteiger partial charge is 0.264 e. The molecule has 1 unspecified atom stereocenters. The van der Waals surface area contributed by atoms with Gasteiger partial charge in [-0.15, -0.1) is 11.6 Å². The molecule has 1 aromatic rings. The van der Waals surface area contributed by atoms with E-state index < -0.39 is 0 Å². The average Bonchev–Trinajstić information content (AvgIpc) is 2.14. The molecule has 0 saturated heterocycles. The van der Waals surface area contributed by atoms with E-state index in [2.05, 4.69) is 31.8 Å². The zero-order chi connectivity index (χ0) is 10.6. The molecule has 1 atom stereocenters. The van der Waals surface area contributed by atoms with Crippen molar-refractivity contribution in [1.82, 2.24) is 4.98 Å². The second-order valence-corrected chi connectivity index (χ2v) is 5.26. The van der Waals surface area contributed by atoms with E-state index in [4.69, 9.17) is 11.6 Å². The molecule has 0 aliphatic carbocycles. The van der Waals surface area contributed by atoms with Gasteiger partial charge in [-0.1, -0.05) is 26.8 Å². The lowest BCUT2D eigenvalue weighted by atomic mass is 9.88. The van der Waals surface area contributed by atoms with Crippen molar-refractivity contribution in [3.63, 3.8) is 0 Å². The summed E-state index contributed by atoms with van der Waals surface area (Å²) in [5, 5.41) is 0.225. The van der Waals surface area contributed by atoms with Crippen molar-refractivity contribution in [2.75, 3.05) is 0 Å². The highest BCUT2D eigenvalue weighted by Gasteiger charge is 2.21. The summed E-state index contributed by atoms with van der Waals surface area (Å²) in [7, 11) is 0. The molecule has 1 heterocycles. The topological polar surface area (TPSA) is 12.9 Å². The molecule has 0 aromatic carbocycles. The van der Waals surface area contributed by atoms with E-state index in [1.165, 1.54) is 5.56 Å². The molecule has 0 amide bonds. The van der Waals surface area contributed by atoms with Gasteiger partial charge in [-0.2, -0.15) is 0 Å². The number of nitrogens with zero attached hydrogens (tertiary/aromatic N) is 1. The molecule has 0 radical (unpaired) electrons. The van der Waals surface area contributed by atoms with Gasteiger partial charge in [0.05, 0.1) is 0 Å². The second kappa shape index (κ2) is 4.79. The first-order valence-electron chi connectivity index (χ1n) is 5.03. The lowest BCUT2D eigenvalue weighted by molar-refractivity contribution is 0.374. The molecule has 0 aliphatic heterocycles.